The van der Waals surface area contributed by atoms with Crippen molar-refractivity contribution in [3.05, 3.63) is 24.3 Å². The van der Waals surface area contributed by atoms with E-state index in [9.17, 15) is 8.42 Å². The van der Waals surface area contributed by atoms with Gasteiger partial charge in [-0.2, -0.15) is 0 Å². The number of benzene rings is 1. The van der Waals surface area contributed by atoms with Gasteiger partial charge in [0, 0.05) is 12.5 Å². The molecule has 17 heavy (non-hydrogen) atoms. The van der Waals surface area contributed by atoms with Crippen molar-refractivity contribution in [1.29, 1.82) is 0 Å². The fourth-order valence-corrected chi connectivity index (χ4v) is 2.31. The van der Waals surface area contributed by atoms with Crippen molar-refractivity contribution in [2.45, 2.75) is 11.3 Å². The van der Waals surface area contributed by atoms with E-state index in [0.29, 0.717) is 18.3 Å². The lowest BCUT2D eigenvalue weighted by Gasteiger charge is -2.10. The van der Waals surface area contributed by atoms with Gasteiger partial charge in [-0.25, -0.2) is 13.6 Å². The highest BCUT2D eigenvalue weighted by atomic mass is 32.2. The van der Waals surface area contributed by atoms with Gasteiger partial charge in [-0.15, -0.1) is 0 Å². The number of nitrogens with two attached hydrogens (primary N) is 1. The molecule has 1 aliphatic heterocycles. The molecule has 5 nitrogen and oxygen atoms in total. The van der Waals surface area contributed by atoms with Gasteiger partial charge in [-0.3, -0.25) is 0 Å². The summed E-state index contributed by atoms with van der Waals surface area (Å²) in [4.78, 5) is 0.104. The summed E-state index contributed by atoms with van der Waals surface area (Å²) in [6.07, 6.45) is 1.12. The van der Waals surface area contributed by atoms with E-state index in [2.05, 4.69) is 5.32 Å². The summed E-state index contributed by atoms with van der Waals surface area (Å²) in [6, 6.07) is 6.17. The molecule has 0 bridgehead atoms. The zero-order valence-corrected chi connectivity index (χ0v) is 10.2. The van der Waals surface area contributed by atoms with Crippen molar-refractivity contribution in [2.24, 2.45) is 11.1 Å². The Morgan fingerprint density at radius 1 is 1.35 bits per heavy atom. The minimum atomic E-state index is -3.62. The number of sulfonamides is 1. The highest BCUT2D eigenvalue weighted by Gasteiger charge is 2.15. The van der Waals surface area contributed by atoms with E-state index in [1.165, 1.54) is 12.1 Å². The molecule has 1 saturated heterocycles. The van der Waals surface area contributed by atoms with Gasteiger partial charge in [0.15, 0.2) is 0 Å². The van der Waals surface area contributed by atoms with Crippen LogP contribution in [0, 0.1) is 5.92 Å². The topological polar surface area (TPSA) is 81.4 Å². The Kier molecular flexibility index (Phi) is 3.66. The smallest absolute Gasteiger partial charge is 0.238 e. The zero-order chi connectivity index (χ0) is 12.3. The van der Waals surface area contributed by atoms with Crippen LogP contribution in [0.2, 0.25) is 0 Å². The van der Waals surface area contributed by atoms with Gasteiger partial charge in [-0.1, -0.05) is 0 Å². The normalized spacial score (nSPS) is 20.4. The van der Waals surface area contributed by atoms with E-state index >= 15 is 0 Å². The molecule has 0 aromatic heterocycles. The molecule has 1 atom stereocenters. The first kappa shape index (κ1) is 12.3. The highest BCUT2D eigenvalue weighted by Crippen LogP contribution is 2.17. The molecule has 0 spiro atoms. The average molecular weight is 256 g/mol. The number of hydrogen-bond acceptors (Lipinski definition) is 4. The third kappa shape index (κ3) is 3.42. The summed E-state index contributed by atoms with van der Waals surface area (Å²) in [5, 5.41) is 8.27. The SMILES string of the molecule is NS(=O)(=O)c1ccc(OC[C@@H]2CCNC2)cc1. The first-order valence-corrected chi connectivity index (χ1v) is 7.07. The van der Waals surface area contributed by atoms with Crippen molar-refractivity contribution in [3.63, 3.8) is 0 Å². The van der Waals surface area contributed by atoms with E-state index < -0.39 is 10.0 Å². The molecule has 0 amide bonds. The van der Waals surface area contributed by atoms with E-state index in [4.69, 9.17) is 9.88 Å². The molecule has 3 N–H and O–H groups in total. The van der Waals surface area contributed by atoms with Gasteiger partial charge >= 0.3 is 0 Å². The molecule has 0 aliphatic carbocycles. The Morgan fingerprint density at radius 3 is 2.59 bits per heavy atom. The summed E-state index contributed by atoms with van der Waals surface area (Å²) in [5.41, 5.74) is 0. The monoisotopic (exact) mass is 256 g/mol. The minimum absolute atomic E-state index is 0.104. The summed E-state index contributed by atoms with van der Waals surface area (Å²) in [5.74, 6) is 1.21. The van der Waals surface area contributed by atoms with Gasteiger partial charge in [0.05, 0.1) is 11.5 Å². The van der Waals surface area contributed by atoms with Crippen molar-refractivity contribution in [1.82, 2.24) is 5.32 Å². The third-order valence-corrected chi connectivity index (χ3v) is 3.73. The van der Waals surface area contributed by atoms with E-state index in [0.717, 1.165) is 19.5 Å². The Balaban J connectivity index is 1.94. The Morgan fingerprint density at radius 2 is 2.06 bits per heavy atom. The van der Waals surface area contributed by atoms with Gasteiger partial charge in [0.1, 0.15) is 5.75 Å². The van der Waals surface area contributed by atoms with Crippen LogP contribution in [0.25, 0.3) is 0 Å². The van der Waals surface area contributed by atoms with Gasteiger partial charge in [-0.05, 0) is 37.2 Å². The molecule has 0 radical (unpaired) electrons. The Hall–Kier alpha value is -1.11. The highest BCUT2D eigenvalue weighted by molar-refractivity contribution is 7.89. The van der Waals surface area contributed by atoms with Crippen molar-refractivity contribution in [3.8, 4) is 5.75 Å². The fourth-order valence-electron chi connectivity index (χ4n) is 1.80. The van der Waals surface area contributed by atoms with Crippen LogP contribution in [-0.2, 0) is 10.0 Å². The third-order valence-electron chi connectivity index (χ3n) is 2.80. The average Bonchev–Trinajstić information content (AvgIpc) is 2.78. The maximum absolute atomic E-state index is 11.0. The first-order valence-electron chi connectivity index (χ1n) is 5.52. The number of nitrogens with one attached hydrogen (secondary N) is 1. The number of ether oxygens (including phenoxy) is 1. The molecule has 2 rings (SSSR count). The second-order valence-electron chi connectivity index (χ2n) is 4.19. The summed E-state index contributed by atoms with van der Waals surface area (Å²) in [7, 11) is -3.62. The summed E-state index contributed by atoms with van der Waals surface area (Å²) in [6.45, 7) is 2.68. The number of primary sulfonamides is 1. The van der Waals surface area contributed by atoms with E-state index in [-0.39, 0.29) is 4.90 Å². The second-order valence-corrected chi connectivity index (χ2v) is 5.75. The lowest BCUT2D eigenvalue weighted by molar-refractivity contribution is 0.260. The number of hydrogen-bond donors (Lipinski definition) is 2. The van der Waals surface area contributed by atoms with E-state index in [1.807, 2.05) is 0 Å². The molecule has 1 heterocycles. The van der Waals surface area contributed by atoms with Gasteiger partial charge in [0.2, 0.25) is 10.0 Å². The van der Waals surface area contributed by atoms with Crippen LogP contribution in [0.5, 0.6) is 5.75 Å². The van der Waals surface area contributed by atoms with Gasteiger partial charge in [0.25, 0.3) is 0 Å². The first-order chi connectivity index (χ1) is 8.05. The summed E-state index contributed by atoms with van der Waals surface area (Å²) >= 11 is 0. The molecule has 1 aromatic carbocycles. The molecule has 1 fully saturated rings. The van der Waals surface area contributed by atoms with Crippen LogP contribution in [0.15, 0.2) is 29.2 Å². The van der Waals surface area contributed by atoms with Crippen LogP contribution in [0.4, 0.5) is 0 Å². The maximum atomic E-state index is 11.0. The molecule has 94 valence electrons. The molecule has 0 saturated carbocycles. The van der Waals surface area contributed by atoms with Crippen molar-refractivity contribution < 1.29 is 13.2 Å². The Labute approximate surface area is 101 Å². The zero-order valence-electron chi connectivity index (χ0n) is 9.43. The molecule has 6 heteroatoms. The number of rotatable bonds is 4. The maximum Gasteiger partial charge on any atom is 0.238 e. The predicted molar refractivity (Wildman–Crippen MR) is 64.3 cm³/mol. The molecule has 1 aliphatic rings. The van der Waals surface area contributed by atoms with Crippen LogP contribution in [-0.4, -0.2) is 28.1 Å². The standard InChI is InChI=1S/C11H16N2O3S/c12-17(14,15)11-3-1-10(2-4-11)16-8-9-5-6-13-7-9/h1-4,9,13H,5-8H2,(H2,12,14,15)/t9-/m1/s1. The lowest BCUT2D eigenvalue weighted by atomic mass is 10.1. The summed E-state index contributed by atoms with van der Waals surface area (Å²) < 4.78 is 27.7. The van der Waals surface area contributed by atoms with Crippen LogP contribution in [0.3, 0.4) is 0 Å². The van der Waals surface area contributed by atoms with Crippen LogP contribution in [0.1, 0.15) is 6.42 Å². The molecular formula is C11H16N2O3S. The van der Waals surface area contributed by atoms with Crippen molar-refractivity contribution >= 4 is 10.0 Å². The predicted octanol–water partition coefficient (Wildman–Crippen LogP) is 0.322. The molecule has 0 unspecified atom stereocenters. The largest absolute Gasteiger partial charge is 0.493 e. The molecular weight excluding hydrogens is 240 g/mol. The lowest BCUT2D eigenvalue weighted by Crippen LogP contribution is -2.15. The fraction of sp³-hybridized carbons (Fsp3) is 0.455. The Bertz CT molecular complexity index is 464. The van der Waals surface area contributed by atoms with Gasteiger partial charge < -0.3 is 10.1 Å². The van der Waals surface area contributed by atoms with Crippen LogP contribution >= 0.6 is 0 Å². The van der Waals surface area contributed by atoms with Crippen LogP contribution < -0.4 is 15.2 Å². The second kappa shape index (κ2) is 5.03. The van der Waals surface area contributed by atoms with Crippen molar-refractivity contribution in [2.75, 3.05) is 19.7 Å². The van der Waals surface area contributed by atoms with E-state index in [1.54, 1.807) is 12.1 Å². The quantitative estimate of drug-likeness (QED) is 0.813. The minimum Gasteiger partial charge on any atom is -0.493 e. The molecule has 1 aromatic rings.